The predicted octanol–water partition coefficient (Wildman–Crippen LogP) is 3.23. The van der Waals surface area contributed by atoms with Crippen LogP contribution in [0, 0.1) is 5.82 Å². The van der Waals surface area contributed by atoms with Crippen molar-refractivity contribution in [3.05, 3.63) is 46.9 Å². The Hall–Kier alpha value is -2.35. The van der Waals surface area contributed by atoms with E-state index >= 15 is 0 Å². The summed E-state index contributed by atoms with van der Waals surface area (Å²) >= 11 is 0. The maximum absolute atomic E-state index is 13.4. The van der Waals surface area contributed by atoms with E-state index in [-0.39, 0.29) is 30.4 Å². The molecule has 1 fully saturated rings. The van der Waals surface area contributed by atoms with Crippen LogP contribution in [0.15, 0.2) is 24.3 Å². The van der Waals surface area contributed by atoms with Crippen molar-refractivity contribution in [3.8, 4) is 5.88 Å². The third kappa shape index (κ3) is 7.32. The van der Waals surface area contributed by atoms with E-state index in [1.165, 1.54) is 19.3 Å². The number of carboxylic acids is 1. The molecule has 1 aliphatic rings. The van der Waals surface area contributed by atoms with E-state index in [1.54, 1.807) is 0 Å². The van der Waals surface area contributed by atoms with Gasteiger partial charge in [-0.25, -0.2) is 13.9 Å². The number of nitrogens with zero attached hydrogens (tertiary/aromatic N) is 3. The van der Waals surface area contributed by atoms with Gasteiger partial charge in [0.2, 0.25) is 5.88 Å². The van der Waals surface area contributed by atoms with Crippen molar-refractivity contribution in [2.75, 3.05) is 26.2 Å². The minimum absolute atomic E-state index is 0. The fourth-order valence-electron chi connectivity index (χ4n) is 3.55. The van der Waals surface area contributed by atoms with Gasteiger partial charge in [-0.2, -0.15) is 13.2 Å². The van der Waals surface area contributed by atoms with Crippen LogP contribution < -0.4 is 4.74 Å². The Balaban J connectivity index is 0.00000385. The van der Waals surface area contributed by atoms with Crippen molar-refractivity contribution in [1.29, 1.82) is 0 Å². The molecule has 2 aromatic rings. The molecule has 0 atom stereocenters. The zero-order valence-electron chi connectivity index (χ0n) is 17.2. The van der Waals surface area contributed by atoms with E-state index in [1.807, 2.05) is 0 Å². The summed E-state index contributed by atoms with van der Waals surface area (Å²) in [4.78, 5) is 26.2. The molecule has 0 unspecified atom stereocenters. The number of benzene rings is 1. The van der Waals surface area contributed by atoms with Gasteiger partial charge >= 0.3 is 31.0 Å². The number of ketones is 1. The summed E-state index contributed by atoms with van der Waals surface area (Å²) in [6, 6.07) is 3.02. The van der Waals surface area contributed by atoms with Crippen LogP contribution in [0.4, 0.5) is 17.6 Å². The van der Waals surface area contributed by atoms with Crippen LogP contribution in [0.5, 0.6) is 5.88 Å². The number of carbonyl (C=O) groups excluding carboxylic acids is 1. The second-order valence-electron chi connectivity index (χ2n) is 7.55. The topological polar surface area (TPSA) is 84.7 Å². The Bertz CT molecular complexity index is 975. The first-order valence-corrected chi connectivity index (χ1v) is 10.2. The van der Waals surface area contributed by atoms with Gasteiger partial charge < -0.3 is 14.7 Å². The minimum atomic E-state index is -4.96. The normalized spacial score (nSPS) is 14.5. The Labute approximate surface area is 199 Å². The number of ether oxygens (including phenoxy) is 1. The molecule has 1 aliphatic heterocycles. The fraction of sp³-hybridized carbons (Fsp3) is 0.476. The molecule has 12 heteroatoms. The average Bonchev–Trinajstić information content (AvgIpc) is 3.14. The summed E-state index contributed by atoms with van der Waals surface area (Å²) in [7, 11) is 0. The number of hydrogen-bond acceptors (Lipinski definition) is 5. The van der Waals surface area contributed by atoms with Gasteiger partial charge in [0.1, 0.15) is 12.4 Å². The standard InChI is InChI=1S/C21H23F4N3O4.Li.H/c22-16-6-5-14(11-15(16)21(23,24)25)18(29)13-28-17(20(30)31)12-19(26-28)32-10-4-9-27-7-2-1-3-8-27;;/h5-6,11-12H,1-4,7-10,13H2,(H,30,31);;. The monoisotopic (exact) mass is 465 g/mol. The van der Waals surface area contributed by atoms with Gasteiger partial charge in [-0.05, 0) is 50.6 Å². The number of Topliss-reactive ketones (excluding diaryl/α,β-unsaturated/α-hetero) is 1. The number of halogens is 4. The van der Waals surface area contributed by atoms with Crippen molar-refractivity contribution in [2.45, 2.75) is 38.4 Å². The SMILES string of the molecule is O=C(Cn1nc(OCCCN2CCCCC2)cc1C(=O)O)c1ccc(F)c(C(F)(F)F)c1.[LiH]. The van der Waals surface area contributed by atoms with Crippen LogP contribution in [-0.4, -0.2) is 76.6 Å². The number of carbonyl (C=O) groups is 2. The molecule has 0 bridgehead atoms. The van der Waals surface area contributed by atoms with Crippen LogP contribution in [0.1, 0.15) is 52.1 Å². The van der Waals surface area contributed by atoms with Gasteiger partial charge in [-0.3, -0.25) is 4.79 Å². The number of aromatic carboxylic acids is 1. The molecule has 0 saturated carbocycles. The first-order chi connectivity index (χ1) is 15.1. The van der Waals surface area contributed by atoms with Crippen LogP contribution in [-0.2, 0) is 12.7 Å². The van der Waals surface area contributed by atoms with E-state index in [4.69, 9.17) is 4.74 Å². The molecular weight excluding hydrogens is 441 g/mol. The third-order valence-corrected chi connectivity index (χ3v) is 5.18. The molecule has 33 heavy (non-hydrogen) atoms. The molecule has 3 rings (SSSR count). The van der Waals surface area contributed by atoms with Crippen LogP contribution in [0.3, 0.4) is 0 Å². The van der Waals surface area contributed by atoms with Crippen molar-refractivity contribution >= 4 is 30.6 Å². The molecule has 2 heterocycles. The molecular formula is C21H24F4LiN3O4. The van der Waals surface area contributed by atoms with E-state index in [9.17, 15) is 32.3 Å². The Morgan fingerprint density at radius 1 is 1.12 bits per heavy atom. The molecule has 1 aromatic heterocycles. The summed E-state index contributed by atoms with van der Waals surface area (Å²) in [5, 5.41) is 13.3. The van der Waals surface area contributed by atoms with Crippen molar-refractivity contribution in [2.24, 2.45) is 0 Å². The number of alkyl halides is 3. The fourth-order valence-corrected chi connectivity index (χ4v) is 3.55. The van der Waals surface area contributed by atoms with Gasteiger partial charge in [-0.15, -0.1) is 5.10 Å². The van der Waals surface area contributed by atoms with Crippen molar-refractivity contribution in [3.63, 3.8) is 0 Å². The number of carboxylic acid groups (broad SMARTS) is 1. The molecule has 0 aliphatic carbocycles. The Kier molecular flexibility index (Phi) is 9.52. The van der Waals surface area contributed by atoms with Gasteiger partial charge in [0.25, 0.3) is 0 Å². The molecule has 0 amide bonds. The number of rotatable bonds is 9. The van der Waals surface area contributed by atoms with Gasteiger partial charge in [0, 0.05) is 18.2 Å². The number of hydrogen-bond donors (Lipinski definition) is 1. The summed E-state index contributed by atoms with van der Waals surface area (Å²) in [6.07, 6.45) is -0.687. The summed E-state index contributed by atoms with van der Waals surface area (Å²) < 4.78 is 58.5. The van der Waals surface area contributed by atoms with E-state index in [2.05, 4.69) is 10.00 Å². The first-order valence-electron chi connectivity index (χ1n) is 10.2. The van der Waals surface area contributed by atoms with Crippen molar-refractivity contribution in [1.82, 2.24) is 14.7 Å². The first kappa shape index (κ1) is 26.9. The van der Waals surface area contributed by atoms with E-state index in [0.29, 0.717) is 25.2 Å². The number of aromatic nitrogens is 2. The molecule has 1 saturated heterocycles. The quantitative estimate of drug-likeness (QED) is 0.265. The van der Waals surface area contributed by atoms with Gasteiger partial charge in [-0.1, -0.05) is 6.42 Å². The summed E-state index contributed by atoms with van der Waals surface area (Å²) in [5.41, 5.74) is -2.32. The molecule has 176 valence electrons. The molecule has 7 nitrogen and oxygen atoms in total. The average molecular weight is 465 g/mol. The van der Waals surface area contributed by atoms with Gasteiger partial charge in [0.05, 0.1) is 12.2 Å². The summed E-state index contributed by atoms with van der Waals surface area (Å²) in [5.74, 6) is -3.72. The molecule has 1 aromatic carbocycles. The second kappa shape index (κ2) is 11.7. The van der Waals surface area contributed by atoms with E-state index < -0.39 is 41.4 Å². The van der Waals surface area contributed by atoms with Crippen LogP contribution in [0.2, 0.25) is 0 Å². The molecule has 1 N–H and O–H groups in total. The van der Waals surface area contributed by atoms with Crippen molar-refractivity contribution < 1.29 is 37.0 Å². The zero-order chi connectivity index (χ0) is 23.3. The molecule has 0 spiro atoms. The molecule has 0 radical (unpaired) electrons. The maximum atomic E-state index is 13.4. The number of piperidine rings is 1. The Morgan fingerprint density at radius 2 is 1.82 bits per heavy atom. The second-order valence-corrected chi connectivity index (χ2v) is 7.55. The van der Waals surface area contributed by atoms with Gasteiger partial charge in [0.15, 0.2) is 11.5 Å². The Morgan fingerprint density at radius 3 is 2.45 bits per heavy atom. The predicted molar refractivity (Wildman–Crippen MR) is 112 cm³/mol. The zero-order valence-corrected chi connectivity index (χ0v) is 17.2. The third-order valence-electron chi connectivity index (χ3n) is 5.18. The van der Waals surface area contributed by atoms with Crippen LogP contribution >= 0.6 is 0 Å². The summed E-state index contributed by atoms with van der Waals surface area (Å²) in [6.45, 7) is 2.59. The van der Waals surface area contributed by atoms with E-state index in [0.717, 1.165) is 36.4 Å². The van der Waals surface area contributed by atoms with Crippen LogP contribution in [0.25, 0.3) is 0 Å². The number of likely N-dealkylation sites (tertiary alicyclic amines) is 1.